The van der Waals surface area contributed by atoms with Crippen LogP contribution in [-0.2, 0) is 0 Å². The second-order valence-electron chi connectivity index (χ2n) is 3.39. The summed E-state index contributed by atoms with van der Waals surface area (Å²) < 4.78 is 0. The van der Waals surface area contributed by atoms with Crippen molar-refractivity contribution in [1.82, 2.24) is 10.2 Å². The Labute approximate surface area is 97.6 Å². The van der Waals surface area contributed by atoms with E-state index in [0.29, 0.717) is 16.4 Å². The molecule has 1 aromatic heterocycles. The number of halogens is 1. The molecular weight excluding hydrogens is 226 g/mol. The molecule has 82 valence electrons. The first-order valence-corrected chi connectivity index (χ1v) is 5.11. The number of H-pyrrole nitrogens is 1. The monoisotopic (exact) mass is 235 g/mol. The molecular formula is C11H10ClN3O. The Morgan fingerprint density at radius 2 is 2.25 bits per heavy atom. The van der Waals surface area contributed by atoms with E-state index in [9.17, 15) is 4.79 Å². The molecule has 0 saturated heterocycles. The predicted molar refractivity (Wildman–Crippen MR) is 62.7 cm³/mol. The molecule has 0 aliphatic rings. The molecule has 16 heavy (non-hydrogen) atoms. The normalized spacial score (nSPS) is 10.1. The van der Waals surface area contributed by atoms with Gasteiger partial charge in [0.2, 0.25) is 0 Å². The number of nitrogens with zero attached hydrogens (tertiary/aromatic N) is 1. The summed E-state index contributed by atoms with van der Waals surface area (Å²) in [5, 5.41) is 9.63. The van der Waals surface area contributed by atoms with Gasteiger partial charge in [-0.25, -0.2) is 0 Å². The van der Waals surface area contributed by atoms with Crippen molar-refractivity contribution < 1.29 is 4.79 Å². The minimum absolute atomic E-state index is 0.217. The second-order valence-corrected chi connectivity index (χ2v) is 3.80. The molecule has 0 radical (unpaired) electrons. The summed E-state index contributed by atoms with van der Waals surface area (Å²) in [4.78, 5) is 11.8. The van der Waals surface area contributed by atoms with Crippen LogP contribution < -0.4 is 5.32 Å². The van der Waals surface area contributed by atoms with Crippen LogP contribution in [0.3, 0.4) is 0 Å². The lowest BCUT2D eigenvalue weighted by Gasteiger charge is -2.04. The Hall–Kier alpha value is -1.81. The van der Waals surface area contributed by atoms with Crippen molar-refractivity contribution in [1.29, 1.82) is 0 Å². The van der Waals surface area contributed by atoms with Gasteiger partial charge >= 0.3 is 0 Å². The smallest absolute Gasteiger partial charge is 0.256 e. The van der Waals surface area contributed by atoms with Crippen molar-refractivity contribution in [3.63, 3.8) is 0 Å². The van der Waals surface area contributed by atoms with Gasteiger partial charge in [-0.2, -0.15) is 5.10 Å². The highest BCUT2D eigenvalue weighted by Crippen LogP contribution is 2.17. The standard InChI is InChI=1S/C11H10ClN3O/c1-7-2-3-8(6-9(7)12)11(16)14-10-4-5-13-15-10/h2-6H,1H3,(H2,13,14,15,16). The minimum atomic E-state index is -0.217. The van der Waals surface area contributed by atoms with Crippen LogP contribution in [0.25, 0.3) is 0 Å². The number of aryl methyl sites for hydroxylation is 1. The van der Waals surface area contributed by atoms with Gasteiger partial charge in [-0.1, -0.05) is 17.7 Å². The van der Waals surface area contributed by atoms with E-state index in [-0.39, 0.29) is 5.91 Å². The van der Waals surface area contributed by atoms with Crippen LogP contribution in [0.15, 0.2) is 30.5 Å². The van der Waals surface area contributed by atoms with Gasteiger partial charge in [0.1, 0.15) is 5.82 Å². The molecule has 0 fully saturated rings. The fourth-order valence-corrected chi connectivity index (χ4v) is 1.43. The van der Waals surface area contributed by atoms with Gasteiger partial charge in [-0.05, 0) is 24.6 Å². The quantitative estimate of drug-likeness (QED) is 0.841. The van der Waals surface area contributed by atoms with Gasteiger partial charge in [0.05, 0.1) is 6.20 Å². The van der Waals surface area contributed by atoms with E-state index < -0.39 is 0 Å². The maximum Gasteiger partial charge on any atom is 0.256 e. The number of aromatic amines is 1. The highest BCUT2D eigenvalue weighted by molar-refractivity contribution is 6.31. The Morgan fingerprint density at radius 1 is 1.44 bits per heavy atom. The van der Waals surface area contributed by atoms with Crippen LogP contribution in [0.2, 0.25) is 5.02 Å². The lowest BCUT2D eigenvalue weighted by atomic mass is 10.1. The summed E-state index contributed by atoms with van der Waals surface area (Å²) in [6.07, 6.45) is 1.57. The lowest BCUT2D eigenvalue weighted by Crippen LogP contribution is -2.12. The van der Waals surface area contributed by atoms with Gasteiger partial charge in [0.25, 0.3) is 5.91 Å². The number of carbonyl (C=O) groups is 1. The van der Waals surface area contributed by atoms with Crippen molar-refractivity contribution in [3.8, 4) is 0 Å². The number of hydrogen-bond acceptors (Lipinski definition) is 2. The first kappa shape index (κ1) is 10.7. The van der Waals surface area contributed by atoms with E-state index in [2.05, 4.69) is 15.5 Å². The Morgan fingerprint density at radius 3 is 2.88 bits per heavy atom. The summed E-state index contributed by atoms with van der Waals surface area (Å²) in [7, 11) is 0. The summed E-state index contributed by atoms with van der Waals surface area (Å²) in [5.41, 5.74) is 1.46. The first-order valence-electron chi connectivity index (χ1n) is 4.73. The van der Waals surface area contributed by atoms with E-state index >= 15 is 0 Å². The molecule has 1 aromatic carbocycles. The fourth-order valence-electron chi connectivity index (χ4n) is 1.25. The van der Waals surface area contributed by atoms with Crippen LogP contribution in [0.4, 0.5) is 5.82 Å². The maximum absolute atomic E-state index is 11.8. The Balaban J connectivity index is 2.18. The van der Waals surface area contributed by atoms with E-state index in [1.807, 2.05) is 13.0 Å². The summed E-state index contributed by atoms with van der Waals surface area (Å²) >= 11 is 5.94. The van der Waals surface area contributed by atoms with Crippen LogP contribution in [0.1, 0.15) is 15.9 Å². The topological polar surface area (TPSA) is 57.8 Å². The number of hydrogen-bond donors (Lipinski definition) is 2. The van der Waals surface area contributed by atoms with E-state index in [1.165, 1.54) is 0 Å². The first-order chi connectivity index (χ1) is 7.66. The highest BCUT2D eigenvalue weighted by Gasteiger charge is 2.07. The highest BCUT2D eigenvalue weighted by atomic mass is 35.5. The number of carbonyl (C=O) groups excluding carboxylic acids is 1. The molecule has 2 aromatic rings. The van der Waals surface area contributed by atoms with Crippen LogP contribution >= 0.6 is 11.6 Å². The van der Waals surface area contributed by atoms with E-state index in [4.69, 9.17) is 11.6 Å². The lowest BCUT2D eigenvalue weighted by molar-refractivity contribution is 0.102. The summed E-state index contributed by atoms with van der Waals surface area (Å²) in [5.74, 6) is 0.341. The van der Waals surface area contributed by atoms with E-state index in [1.54, 1.807) is 24.4 Å². The molecule has 0 bridgehead atoms. The third-order valence-corrected chi connectivity index (χ3v) is 2.59. The zero-order valence-corrected chi connectivity index (χ0v) is 9.38. The largest absolute Gasteiger partial charge is 0.307 e. The number of anilines is 1. The van der Waals surface area contributed by atoms with Gasteiger partial charge in [0.15, 0.2) is 0 Å². The zero-order chi connectivity index (χ0) is 11.5. The number of rotatable bonds is 2. The van der Waals surface area contributed by atoms with Gasteiger partial charge in [-0.15, -0.1) is 0 Å². The third-order valence-electron chi connectivity index (χ3n) is 2.18. The molecule has 5 heteroatoms. The maximum atomic E-state index is 11.8. The molecule has 0 aliphatic carbocycles. The Kier molecular flexibility index (Phi) is 2.92. The van der Waals surface area contributed by atoms with E-state index in [0.717, 1.165) is 5.56 Å². The summed E-state index contributed by atoms with van der Waals surface area (Å²) in [6.45, 7) is 1.89. The van der Waals surface area contributed by atoms with Crippen molar-refractivity contribution in [2.75, 3.05) is 5.32 Å². The number of benzene rings is 1. The number of amides is 1. The van der Waals surface area contributed by atoms with Gasteiger partial charge < -0.3 is 5.32 Å². The predicted octanol–water partition coefficient (Wildman–Crippen LogP) is 2.62. The zero-order valence-electron chi connectivity index (χ0n) is 8.62. The molecule has 0 atom stereocenters. The minimum Gasteiger partial charge on any atom is -0.307 e. The van der Waals surface area contributed by atoms with Gasteiger partial charge in [0, 0.05) is 16.7 Å². The van der Waals surface area contributed by atoms with Crippen LogP contribution in [0, 0.1) is 6.92 Å². The molecule has 2 N–H and O–H groups in total. The number of nitrogens with one attached hydrogen (secondary N) is 2. The molecule has 0 saturated carbocycles. The fraction of sp³-hybridized carbons (Fsp3) is 0.0909. The molecule has 1 heterocycles. The Bertz CT molecular complexity index is 508. The molecule has 0 spiro atoms. The summed E-state index contributed by atoms with van der Waals surface area (Å²) in [6, 6.07) is 6.85. The van der Waals surface area contributed by atoms with Crippen LogP contribution in [0.5, 0.6) is 0 Å². The second kappa shape index (κ2) is 4.37. The number of aromatic nitrogens is 2. The molecule has 1 amide bonds. The average molecular weight is 236 g/mol. The van der Waals surface area contributed by atoms with Crippen molar-refractivity contribution in [2.45, 2.75) is 6.92 Å². The third kappa shape index (κ3) is 2.23. The van der Waals surface area contributed by atoms with Crippen LogP contribution in [-0.4, -0.2) is 16.1 Å². The van der Waals surface area contributed by atoms with Crippen molar-refractivity contribution in [3.05, 3.63) is 46.6 Å². The SMILES string of the molecule is Cc1ccc(C(=O)Nc2ccn[nH]2)cc1Cl. The molecule has 4 nitrogen and oxygen atoms in total. The van der Waals surface area contributed by atoms with Crippen molar-refractivity contribution >= 4 is 23.3 Å². The molecule has 2 rings (SSSR count). The molecule has 0 aliphatic heterocycles. The van der Waals surface area contributed by atoms with Crippen molar-refractivity contribution in [2.24, 2.45) is 0 Å². The molecule has 0 unspecified atom stereocenters. The van der Waals surface area contributed by atoms with Gasteiger partial charge in [-0.3, -0.25) is 9.89 Å². The average Bonchev–Trinajstić information content (AvgIpc) is 2.74.